The van der Waals surface area contributed by atoms with Gasteiger partial charge in [0.25, 0.3) is 0 Å². The fourth-order valence-electron chi connectivity index (χ4n) is 3.85. The third-order valence-corrected chi connectivity index (χ3v) is 5.40. The Bertz CT molecular complexity index is 834. The van der Waals surface area contributed by atoms with Gasteiger partial charge in [0, 0.05) is 18.4 Å². The standard InChI is InChI=1S/C22H22F6O3/c1-13(15-7-17(21(23,24)25)9-18(8-15)22(26,27)28)31-19-12-30-11-16(10-29)20(19)14-5-3-2-4-6-14/h2-9,13,16,19-20,29H,10-12H2,1H3/t13-,16?,19+,20+/m1/s1. The summed E-state index contributed by atoms with van der Waals surface area (Å²) in [4.78, 5) is 0. The van der Waals surface area contributed by atoms with E-state index >= 15 is 0 Å². The van der Waals surface area contributed by atoms with Crippen LogP contribution in [0, 0.1) is 5.92 Å². The van der Waals surface area contributed by atoms with Crippen LogP contribution in [0.25, 0.3) is 0 Å². The van der Waals surface area contributed by atoms with Gasteiger partial charge in [0.05, 0.1) is 36.5 Å². The van der Waals surface area contributed by atoms with E-state index in [-0.39, 0.29) is 43.3 Å². The molecule has 1 saturated heterocycles. The maximum Gasteiger partial charge on any atom is 0.416 e. The van der Waals surface area contributed by atoms with E-state index in [0.717, 1.165) is 5.56 Å². The van der Waals surface area contributed by atoms with Crippen LogP contribution in [0.4, 0.5) is 26.3 Å². The van der Waals surface area contributed by atoms with Gasteiger partial charge in [-0.2, -0.15) is 26.3 Å². The molecular formula is C22H22F6O3. The topological polar surface area (TPSA) is 38.7 Å². The summed E-state index contributed by atoms with van der Waals surface area (Å²) in [5.74, 6) is -0.643. The molecule has 1 aliphatic rings. The minimum atomic E-state index is -4.93. The number of ether oxygens (including phenoxy) is 2. The molecule has 1 heterocycles. The number of benzene rings is 2. The molecule has 3 nitrogen and oxygen atoms in total. The summed E-state index contributed by atoms with van der Waals surface area (Å²) in [6.07, 6.45) is -11.6. The number of hydrogen-bond donors (Lipinski definition) is 1. The average Bonchev–Trinajstić information content (AvgIpc) is 2.72. The highest BCUT2D eigenvalue weighted by molar-refractivity contribution is 5.35. The summed E-state index contributed by atoms with van der Waals surface area (Å²) in [5, 5.41) is 9.76. The Labute approximate surface area is 175 Å². The molecular weight excluding hydrogens is 426 g/mol. The Kier molecular flexibility index (Phi) is 6.98. The van der Waals surface area contributed by atoms with Crippen molar-refractivity contribution in [2.45, 2.75) is 37.4 Å². The van der Waals surface area contributed by atoms with Crippen LogP contribution in [0.5, 0.6) is 0 Å². The van der Waals surface area contributed by atoms with Crippen molar-refractivity contribution < 1.29 is 40.9 Å². The minimum Gasteiger partial charge on any atom is -0.396 e. The molecule has 2 aromatic rings. The fraction of sp³-hybridized carbons (Fsp3) is 0.455. The van der Waals surface area contributed by atoms with Crippen molar-refractivity contribution in [1.29, 1.82) is 0 Å². The van der Waals surface area contributed by atoms with Crippen LogP contribution < -0.4 is 0 Å². The van der Waals surface area contributed by atoms with Gasteiger partial charge in [0.15, 0.2) is 0 Å². The van der Waals surface area contributed by atoms with Crippen molar-refractivity contribution in [1.82, 2.24) is 0 Å². The number of aliphatic hydroxyl groups excluding tert-OH is 1. The molecule has 9 heteroatoms. The van der Waals surface area contributed by atoms with Crippen LogP contribution in [0.15, 0.2) is 48.5 Å². The number of rotatable bonds is 5. The van der Waals surface area contributed by atoms with Crippen LogP contribution in [-0.2, 0) is 21.8 Å². The first-order valence-corrected chi connectivity index (χ1v) is 9.69. The molecule has 4 atom stereocenters. The molecule has 0 saturated carbocycles. The molecule has 31 heavy (non-hydrogen) atoms. The molecule has 1 N–H and O–H groups in total. The highest BCUT2D eigenvalue weighted by Gasteiger charge is 2.39. The van der Waals surface area contributed by atoms with E-state index in [1.807, 2.05) is 30.3 Å². The SMILES string of the molecule is C[C@@H](O[C@H]1COCC(CO)[C@@H]1c1ccccc1)c1cc(C(F)(F)F)cc(C(F)(F)F)c1. The molecule has 0 bridgehead atoms. The van der Waals surface area contributed by atoms with Crippen molar-refractivity contribution in [3.05, 3.63) is 70.8 Å². The van der Waals surface area contributed by atoms with Gasteiger partial charge in [-0.1, -0.05) is 30.3 Å². The van der Waals surface area contributed by atoms with Crippen LogP contribution in [0.3, 0.4) is 0 Å². The van der Waals surface area contributed by atoms with Crippen LogP contribution in [0.2, 0.25) is 0 Å². The first kappa shape index (κ1) is 23.6. The van der Waals surface area contributed by atoms with E-state index < -0.39 is 35.7 Å². The summed E-state index contributed by atoms with van der Waals surface area (Å²) in [6.45, 7) is 1.58. The lowest BCUT2D eigenvalue weighted by Crippen LogP contribution is -2.41. The fourth-order valence-corrected chi connectivity index (χ4v) is 3.85. The zero-order valence-corrected chi connectivity index (χ0v) is 16.6. The third-order valence-electron chi connectivity index (χ3n) is 5.40. The summed E-state index contributed by atoms with van der Waals surface area (Å²) in [6, 6.07) is 10.5. The lowest BCUT2D eigenvalue weighted by molar-refractivity contribution is -0.143. The molecule has 1 fully saturated rings. The number of aliphatic hydroxyl groups is 1. The first-order valence-electron chi connectivity index (χ1n) is 9.69. The average molecular weight is 448 g/mol. The lowest BCUT2D eigenvalue weighted by atomic mass is 9.81. The van der Waals surface area contributed by atoms with Gasteiger partial charge < -0.3 is 14.6 Å². The second-order valence-electron chi connectivity index (χ2n) is 7.57. The van der Waals surface area contributed by atoms with E-state index in [9.17, 15) is 31.4 Å². The summed E-state index contributed by atoms with van der Waals surface area (Å²) >= 11 is 0. The number of halogens is 6. The summed E-state index contributed by atoms with van der Waals surface area (Å²) in [7, 11) is 0. The predicted octanol–water partition coefficient (Wildman–Crippen LogP) is 5.59. The van der Waals surface area contributed by atoms with Crippen molar-refractivity contribution in [3.8, 4) is 0 Å². The summed E-state index contributed by atoms with van der Waals surface area (Å²) in [5.41, 5.74) is -2.16. The Balaban J connectivity index is 1.92. The quantitative estimate of drug-likeness (QED) is 0.606. The molecule has 170 valence electrons. The summed E-state index contributed by atoms with van der Waals surface area (Å²) < 4.78 is 90.5. The minimum absolute atomic E-state index is 0.0918. The first-order chi connectivity index (χ1) is 14.5. The third kappa shape index (κ3) is 5.58. The zero-order valence-electron chi connectivity index (χ0n) is 16.6. The van der Waals surface area contributed by atoms with Crippen molar-refractivity contribution >= 4 is 0 Å². The highest BCUT2D eigenvalue weighted by atomic mass is 19.4. The molecule has 0 radical (unpaired) electrons. The van der Waals surface area contributed by atoms with Gasteiger partial charge in [0.2, 0.25) is 0 Å². The van der Waals surface area contributed by atoms with Crippen molar-refractivity contribution in [2.75, 3.05) is 19.8 Å². The molecule has 3 rings (SSSR count). The Morgan fingerprint density at radius 1 is 0.968 bits per heavy atom. The van der Waals surface area contributed by atoms with E-state index in [2.05, 4.69) is 0 Å². The second-order valence-corrected chi connectivity index (χ2v) is 7.57. The van der Waals surface area contributed by atoms with E-state index in [1.54, 1.807) is 0 Å². The normalized spacial score (nSPS) is 23.5. The van der Waals surface area contributed by atoms with E-state index in [1.165, 1.54) is 6.92 Å². The van der Waals surface area contributed by atoms with Gasteiger partial charge in [-0.15, -0.1) is 0 Å². The van der Waals surface area contributed by atoms with E-state index in [4.69, 9.17) is 9.47 Å². The number of alkyl halides is 6. The van der Waals surface area contributed by atoms with Crippen LogP contribution in [0.1, 0.15) is 41.2 Å². The van der Waals surface area contributed by atoms with Gasteiger partial charge in [0.1, 0.15) is 0 Å². The molecule has 1 unspecified atom stereocenters. The van der Waals surface area contributed by atoms with Crippen molar-refractivity contribution in [3.63, 3.8) is 0 Å². The van der Waals surface area contributed by atoms with E-state index in [0.29, 0.717) is 12.1 Å². The largest absolute Gasteiger partial charge is 0.416 e. The molecule has 0 aliphatic carbocycles. The monoisotopic (exact) mass is 448 g/mol. The Morgan fingerprint density at radius 3 is 2.06 bits per heavy atom. The Hall–Kier alpha value is -2.10. The Morgan fingerprint density at radius 2 is 1.55 bits per heavy atom. The second kappa shape index (κ2) is 9.18. The number of hydrogen-bond acceptors (Lipinski definition) is 3. The van der Waals surface area contributed by atoms with Crippen LogP contribution >= 0.6 is 0 Å². The van der Waals surface area contributed by atoms with Gasteiger partial charge in [-0.25, -0.2) is 0 Å². The lowest BCUT2D eigenvalue weighted by Gasteiger charge is -2.39. The van der Waals surface area contributed by atoms with Crippen LogP contribution in [-0.4, -0.2) is 31.0 Å². The molecule has 0 aromatic heterocycles. The van der Waals surface area contributed by atoms with Gasteiger partial charge >= 0.3 is 12.4 Å². The molecule has 0 spiro atoms. The zero-order chi connectivity index (χ0) is 22.8. The molecule has 2 aromatic carbocycles. The highest BCUT2D eigenvalue weighted by Crippen LogP contribution is 2.40. The van der Waals surface area contributed by atoms with Gasteiger partial charge in [-0.05, 0) is 36.2 Å². The van der Waals surface area contributed by atoms with Gasteiger partial charge in [-0.3, -0.25) is 0 Å². The predicted molar refractivity (Wildman–Crippen MR) is 100 cm³/mol. The molecule has 1 aliphatic heterocycles. The van der Waals surface area contributed by atoms with Crippen molar-refractivity contribution in [2.24, 2.45) is 5.92 Å². The maximum absolute atomic E-state index is 13.2. The molecule has 0 amide bonds. The smallest absolute Gasteiger partial charge is 0.396 e. The maximum atomic E-state index is 13.2.